The van der Waals surface area contributed by atoms with E-state index in [1.807, 2.05) is 35.7 Å². The summed E-state index contributed by atoms with van der Waals surface area (Å²) in [5.74, 6) is 0.201. The van der Waals surface area contributed by atoms with Crippen molar-refractivity contribution in [3.8, 4) is 0 Å². The lowest BCUT2D eigenvalue weighted by Gasteiger charge is -2.16. The van der Waals surface area contributed by atoms with Crippen LogP contribution in [-0.4, -0.2) is 33.5 Å². The number of aromatic nitrogens is 2. The van der Waals surface area contributed by atoms with Crippen LogP contribution in [0.1, 0.15) is 23.9 Å². The lowest BCUT2D eigenvalue weighted by Crippen LogP contribution is -2.33. The van der Waals surface area contributed by atoms with Gasteiger partial charge in [0.15, 0.2) is 6.10 Å². The molecule has 2 aromatic heterocycles. The minimum Gasteiger partial charge on any atom is -0.387 e. The molecule has 1 aromatic carbocycles. The highest BCUT2D eigenvalue weighted by molar-refractivity contribution is 7.17. The van der Waals surface area contributed by atoms with Crippen LogP contribution in [-0.2, 0) is 16.2 Å². The Labute approximate surface area is 152 Å². The smallest absolute Gasteiger partial charge is 0.271 e. The molecule has 0 bridgehead atoms. The number of H-pyrrole nitrogens is 1. The molecule has 1 atom stereocenters. The lowest BCUT2D eigenvalue weighted by atomic mass is 10.0. The third-order valence-corrected chi connectivity index (χ3v) is 5.09. The van der Waals surface area contributed by atoms with Crippen molar-refractivity contribution in [1.29, 1.82) is 0 Å². The lowest BCUT2D eigenvalue weighted by molar-refractivity contribution is -0.123. The van der Waals surface area contributed by atoms with Crippen molar-refractivity contribution in [3.05, 3.63) is 63.5 Å². The van der Waals surface area contributed by atoms with E-state index in [0.29, 0.717) is 28.2 Å². The monoisotopic (exact) mass is 368 g/mol. The summed E-state index contributed by atoms with van der Waals surface area (Å²) < 4.78 is 0.585. The number of carbonyl (C=O) groups excluding carboxylic acids is 1. The molecule has 0 aliphatic carbocycles. The number of fused-ring (bicyclic) bond motifs is 1. The Morgan fingerprint density at radius 1 is 1.35 bits per heavy atom. The Morgan fingerprint density at radius 2 is 2.15 bits per heavy atom. The highest BCUT2D eigenvalue weighted by atomic mass is 32.1. The first-order valence-corrected chi connectivity index (χ1v) is 8.99. The zero-order valence-corrected chi connectivity index (χ0v) is 14.8. The van der Waals surface area contributed by atoms with Crippen molar-refractivity contribution in [2.24, 2.45) is 5.16 Å². The number of thiophene rings is 1. The average Bonchev–Trinajstić information content (AvgIpc) is 3.31. The molecule has 0 fully saturated rings. The van der Waals surface area contributed by atoms with Crippen LogP contribution < -0.4 is 5.56 Å². The zero-order valence-electron chi connectivity index (χ0n) is 14.0. The number of hydrogen-bond acceptors (Lipinski definition) is 6. The number of aromatic amines is 1. The van der Waals surface area contributed by atoms with Crippen molar-refractivity contribution in [2.75, 3.05) is 7.05 Å². The molecule has 7 nitrogen and oxygen atoms in total. The average molecular weight is 368 g/mol. The fourth-order valence-electron chi connectivity index (χ4n) is 2.86. The number of oxime groups is 1. The van der Waals surface area contributed by atoms with Gasteiger partial charge in [-0.1, -0.05) is 35.5 Å². The molecule has 3 heterocycles. The molecule has 1 N–H and O–H groups in total. The van der Waals surface area contributed by atoms with E-state index in [2.05, 4.69) is 15.1 Å². The first-order valence-electron chi connectivity index (χ1n) is 8.11. The summed E-state index contributed by atoms with van der Waals surface area (Å²) in [6, 6.07) is 11.5. The third kappa shape index (κ3) is 3.11. The molecule has 1 amide bonds. The second kappa shape index (κ2) is 6.72. The van der Waals surface area contributed by atoms with Crippen LogP contribution in [0.4, 0.5) is 0 Å². The molecule has 1 unspecified atom stereocenters. The molecular formula is C18H16N4O3S. The molecule has 0 saturated heterocycles. The summed E-state index contributed by atoms with van der Waals surface area (Å²) in [6.45, 7) is 0.189. The number of nitrogens with zero attached hydrogens (tertiary/aromatic N) is 3. The Balaban J connectivity index is 1.45. The molecule has 4 rings (SSSR count). The van der Waals surface area contributed by atoms with Gasteiger partial charge in [-0.25, -0.2) is 4.98 Å². The number of rotatable bonds is 4. The van der Waals surface area contributed by atoms with Crippen LogP contribution in [0.25, 0.3) is 10.2 Å². The molecule has 1 aliphatic heterocycles. The van der Waals surface area contributed by atoms with E-state index in [1.165, 1.54) is 16.2 Å². The molecule has 0 radical (unpaired) electrons. The summed E-state index contributed by atoms with van der Waals surface area (Å²) in [4.78, 5) is 38.7. The van der Waals surface area contributed by atoms with Gasteiger partial charge in [0, 0.05) is 13.5 Å². The fourth-order valence-corrected chi connectivity index (χ4v) is 3.59. The van der Waals surface area contributed by atoms with Crippen LogP contribution >= 0.6 is 11.3 Å². The summed E-state index contributed by atoms with van der Waals surface area (Å²) >= 11 is 1.34. The van der Waals surface area contributed by atoms with Crippen molar-refractivity contribution < 1.29 is 9.63 Å². The van der Waals surface area contributed by atoms with Gasteiger partial charge in [0.05, 0.1) is 12.1 Å². The number of amides is 1. The van der Waals surface area contributed by atoms with E-state index in [4.69, 9.17) is 4.84 Å². The topological polar surface area (TPSA) is 87.7 Å². The number of carbonyl (C=O) groups is 1. The van der Waals surface area contributed by atoms with Gasteiger partial charge in [0.1, 0.15) is 16.2 Å². The highest BCUT2D eigenvalue weighted by Gasteiger charge is 2.29. The maximum absolute atomic E-state index is 12.6. The molecule has 26 heavy (non-hydrogen) atoms. The standard InChI is InChI=1S/C18H16N4O3S/c1-22(10-15-19-12-7-8-26-16(12)17(23)20-15)18(24)13-9-14(25-21-13)11-5-3-2-4-6-11/h2-8,14H,9-10H2,1H3,(H,19,20,23). The van der Waals surface area contributed by atoms with Gasteiger partial charge < -0.3 is 14.7 Å². The molecule has 0 saturated carbocycles. The normalized spacial score (nSPS) is 16.3. The van der Waals surface area contributed by atoms with E-state index in [0.717, 1.165) is 5.56 Å². The Hall–Kier alpha value is -3.00. The molecule has 8 heteroatoms. The second-order valence-electron chi connectivity index (χ2n) is 6.06. The summed E-state index contributed by atoms with van der Waals surface area (Å²) in [7, 11) is 1.65. The molecule has 0 spiro atoms. The third-order valence-electron chi connectivity index (χ3n) is 4.18. The van der Waals surface area contributed by atoms with Crippen LogP contribution in [0.3, 0.4) is 0 Å². The fraction of sp³-hybridized carbons (Fsp3) is 0.222. The van der Waals surface area contributed by atoms with Crippen LogP contribution in [0, 0.1) is 0 Å². The van der Waals surface area contributed by atoms with E-state index in [1.54, 1.807) is 13.1 Å². The maximum atomic E-state index is 12.6. The summed E-state index contributed by atoms with van der Waals surface area (Å²) in [5.41, 5.74) is 1.79. The van der Waals surface area contributed by atoms with Gasteiger partial charge in [0.2, 0.25) is 0 Å². The van der Waals surface area contributed by atoms with Crippen molar-refractivity contribution in [1.82, 2.24) is 14.9 Å². The van der Waals surface area contributed by atoms with Crippen LogP contribution in [0.2, 0.25) is 0 Å². The second-order valence-corrected chi connectivity index (χ2v) is 6.97. The quantitative estimate of drug-likeness (QED) is 0.766. The van der Waals surface area contributed by atoms with E-state index >= 15 is 0 Å². The zero-order chi connectivity index (χ0) is 18.1. The van der Waals surface area contributed by atoms with Crippen molar-refractivity contribution in [2.45, 2.75) is 19.1 Å². The van der Waals surface area contributed by atoms with Gasteiger partial charge in [0.25, 0.3) is 11.5 Å². The van der Waals surface area contributed by atoms with Gasteiger partial charge >= 0.3 is 0 Å². The molecule has 132 valence electrons. The predicted molar refractivity (Wildman–Crippen MR) is 99.0 cm³/mol. The van der Waals surface area contributed by atoms with Crippen LogP contribution in [0.15, 0.2) is 51.7 Å². The van der Waals surface area contributed by atoms with Gasteiger partial charge in [-0.3, -0.25) is 9.59 Å². The summed E-state index contributed by atoms with van der Waals surface area (Å²) in [6.07, 6.45) is 0.171. The van der Waals surface area contributed by atoms with Gasteiger partial charge in [-0.15, -0.1) is 11.3 Å². The molecule has 3 aromatic rings. The van der Waals surface area contributed by atoms with E-state index in [9.17, 15) is 9.59 Å². The first-order chi connectivity index (χ1) is 12.6. The number of nitrogens with one attached hydrogen (secondary N) is 1. The van der Waals surface area contributed by atoms with E-state index < -0.39 is 0 Å². The molecular weight excluding hydrogens is 352 g/mol. The predicted octanol–water partition coefficient (Wildman–Crippen LogP) is 2.46. The van der Waals surface area contributed by atoms with Crippen LogP contribution in [0.5, 0.6) is 0 Å². The Bertz CT molecular complexity index is 1040. The Kier molecular flexibility index (Phi) is 4.26. The Morgan fingerprint density at radius 3 is 2.96 bits per heavy atom. The van der Waals surface area contributed by atoms with Gasteiger partial charge in [-0.2, -0.15) is 0 Å². The largest absolute Gasteiger partial charge is 0.387 e. The SMILES string of the molecule is CN(Cc1nc2ccsc2c(=O)[nH]1)C(=O)C1=NOC(c2ccccc2)C1. The van der Waals surface area contributed by atoms with Gasteiger partial charge in [-0.05, 0) is 17.0 Å². The molecule has 1 aliphatic rings. The van der Waals surface area contributed by atoms with Crippen molar-refractivity contribution in [3.63, 3.8) is 0 Å². The number of hydrogen-bond donors (Lipinski definition) is 1. The van der Waals surface area contributed by atoms with Crippen molar-refractivity contribution >= 4 is 33.2 Å². The van der Waals surface area contributed by atoms with E-state index in [-0.39, 0.29) is 24.1 Å². The minimum absolute atomic E-state index is 0.188. The number of benzene rings is 1. The highest BCUT2D eigenvalue weighted by Crippen LogP contribution is 2.27. The minimum atomic E-state index is -0.247. The maximum Gasteiger partial charge on any atom is 0.271 e. The first kappa shape index (κ1) is 16.5. The summed E-state index contributed by atoms with van der Waals surface area (Å²) in [5, 5.41) is 5.77.